The van der Waals surface area contributed by atoms with Crippen LogP contribution in [-0.4, -0.2) is 11.2 Å². The van der Waals surface area contributed by atoms with E-state index in [1.807, 2.05) is 32.0 Å². The van der Waals surface area contributed by atoms with Crippen molar-refractivity contribution in [3.8, 4) is 0 Å². The van der Waals surface area contributed by atoms with Crippen LogP contribution in [0.5, 0.6) is 0 Å². The van der Waals surface area contributed by atoms with Crippen LogP contribution in [0.1, 0.15) is 11.1 Å². The highest BCUT2D eigenvalue weighted by molar-refractivity contribution is 6.08. The van der Waals surface area contributed by atoms with Crippen molar-refractivity contribution >= 4 is 23.1 Å². The van der Waals surface area contributed by atoms with E-state index in [-0.39, 0.29) is 6.03 Å². The normalized spacial score (nSPS) is 14.1. The van der Waals surface area contributed by atoms with Crippen molar-refractivity contribution in [2.24, 2.45) is 0 Å². The lowest BCUT2D eigenvalue weighted by Crippen LogP contribution is -2.51. The van der Waals surface area contributed by atoms with Crippen molar-refractivity contribution in [2.75, 3.05) is 15.5 Å². The molecule has 102 valence electrons. The molecule has 2 aromatic carbocycles. The van der Waals surface area contributed by atoms with Crippen LogP contribution >= 0.6 is 0 Å². The van der Waals surface area contributed by atoms with Gasteiger partial charge >= 0.3 is 6.03 Å². The number of anilines is 3. The molecule has 0 bridgehead atoms. The molecule has 0 radical (unpaired) electrons. The molecule has 0 unspecified atom stereocenters. The predicted octanol–water partition coefficient (Wildman–Crippen LogP) is 3.47. The summed E-state index contributed by atoms with van der Waals surface area (Å²) < 4.78 is 0. The molecule has 1 aliphatic heterocycles. The third kappa shape index (κ3) is 1.88. The number of benzene rings is 2. The Hall–Kier alpha value is -2.53. The number of nitrogens with one attached hydrogen (secondary N) is 1. The van der Waals surface area contributed by atoms with Gasteiger partial charge in [-0.15, -0.1) is 0 Å². The fourth-order valence-electron chi connectivity index (χ4n) is 2.27. The first-order valence-corrected chi connectivity index (χ1v) is 6.34. The molecule has 2 N–H and O–H groups in total. The molecule has 1 aliphatic rings. The number of carbonyl (C=O) groups excluding carboxylic acids is 1. The monoisotopic (exact) mass is 269 g/mol. The van der Waals surface area contributed by atoms with Crippen molar-refractivity contribution in [3.63, 3.8) is 0 Å². The number of hydrogen-bond acceptors (Lipinski definition) is 3. The molecule has 0 aromatic heterocycles. The molecular weight excluding hydrogens is 254 g/mol. The van der Waals surface area contributed by atoms with Gasteiger partial charge in [-0.25, -0.2) is 4.79 Å². The Bertz CT molecular complexity index is 685. The van der Waals surface area contributed by atoms with Gasteiger partial charge in [0.2, 0.25) is 0 Å². The summed E-state index contributed by atoms with van der Waals surface area (Å²) in [6.07, 6.45) is 0. The maximum absolute atomic E-state index is 12.2. The molecule has 5 nitrogen and oxygen atoms in total. The second kappa shape index (κ2) is 4.54. The number of urea groups is 1. The first kappa shape index (κ1) is 12.5. The van der Waals surface area contributed by atoms with E-state index in [9.17, 15) is 10.0 Å². The molecule has 2 aromatic rings. The van der Waals surface area contributed by atoms with Crippen molar-refractivity contribution in [2.45, 2.75) is 13.8 Å². The lowest BCUT2D eigenvalue weighted by molar-refractivity contribution is 0.221. The van der Waals surface area contributed by atoms with Gasteiger partial charge < -0.3 is 5.32 Å². The van der Waals surface area contributed by atoms with Gasteiger partial charge in [-0.05, 0) is 43.2 Å². The number of fused-ring (bicyclic) bond motifs is 1. The average molecular weight is 269 g/mol. The van der Waals surface area contributed by atoms with E-state index in [1.165, 1.54) is 5.01 Å². The number of rotatable bonds is 1. The summed E-state index contributed by atoms with van der Waals surface area (Å²) in [6, 6.07) is 12.5. The van der Waals surface area contributed by atoms with Crippen LogP contribution in [-0.2, 0) is 0 Å². The molecular formula is C15H15N3O2. The maximum Gasteiger partial charge on any atom is 0.347 e. The van der Waals surface area contributed by atoms with Crippen LogP contribution < -0.4 is 15.5 Å². The van der Waals surface area contributed by atoms with Crippen molar-refractivity contribution in [1.29, 1.82) is 0 Å². The number of carbonyl (C=O) groups is 1. The molecule has 0 saturated carbocycles. The summed E-state index contributed by atoms with van der Waals surface area (Å²) in [7, 11) is 0. The second-order valence-electron chi connectivity index (χ2n) is 4.84. The van der Waals surface area contributed by atoms with Crippen LogP contribution in [0.25, 0.3) is 0 Å². The minimum Gasteiger partial charge on any atom is -0.304 e. The number of para-hydroxylation sites is 2. The van der Waals surface area contributed by atoms with Gasteiger partial charge in [0.15, 0.2) is 0 Å². The molecule has 2 amide bonds. The Morgan fingerprint density at radius 1 is 1.05 bits per heavy atom. The zero-order valence-corrected chi connectivity index (χ0v) is 11.3. The first-order chi connectivity index (χ1) is 9.58. The maximum atomic E-state index is 12.2. The fraction of sp³-hybridized carbons (Fsp3) is 0.133. The quantitative estimate of drug-likeness (QED) is 0.833. The Labute approximate surface area is 117 Å². The van der Waals surface area contributed by atoms with E-state index in [0.29, 0.717) is 17.1 Å². The molecule has 0 atom stereocenters. The van der Waals surface area contributed by atoms with Gasteiger partial charge in [0.1, 0.15) is 5.69 Å². The van der Waals surface area contributed by atoms with Crippen molar-refractivity contribution < 1.29 is 10.0 Å². The van der Waals surface area contributed by atoms with Gasteiger partial charge in [-0.2, -0.15) is 10.2 Å². The SMILES string of the molecule is Cc1ccc(C)c(N2C(=O)Nc3ccccc3N2O)c1. The molecule has 0 fully saturated rings. The van der Waals surface area contributed by atoms with Gasteiger partial charge in [0, 0.05) is 0 Å². The molecule has 3 rings (SSSR count). The second-order valence-corrected chi connectivity index (χ2v) is 4.84. The Kier molecular flexibility index (Phi) is 2.84. The molecule has 20 heavy (non-hydrogen) atoms. The minimum absolute atomic E-state index is 0.389. The van der Waals surface area contributed by atoms with Gasteiger partial charge in [0.25, 0.3) is 0 Å². The van der Waals surface area contributed by atoms with Crippen molar-refractivity contribution in [1.82, 2.24) is 0 Å². The summed E-state index contributed by atoms with van der Waals surface area (Å²) in [5, 5.41) is 15.2. The minimum atomic E-state index is -0.389. The Morgan fingerprint density at radius 3 is 2.60 bits per heavy atom. The van der Waals surface area contributed by atoms with E-state index in [0.717, 1.165) is 16.3 Å². The van der Waals surface area contributed by atoms with Gasteiger partial charge in [-0.1, -0.05) is 24.3 Å². The largest absolute Gasteiger partial charge is 0.347 e. The average Bonchev–Trinajstić information content (AvgIpc) is 2.42. The number of aryl methyl sites for hydroxylation is 2. The van der Waals surface area contributed by atoms with Gasteiger partial charge in [0.05, 0.1) is 11.4 Å². The molecule has 1 heterocycles. The highest BCUT2D eigenvalue weighted by Gasteiger charge is 2.31. The number of hydrogen-bond donors (Lipinski definition) is 2. The standard InChI is InChI=1S/C15H15N3O2/c1-10-7-8-11(2)14(9-10)17-15(19)16-12-5-3-4-6-13(12)18(17)20/h3-9,20H,1-2H3,(H,16,19). The Balaban J connectivity index is 2.11. The topological polar surface area (TPSA) is 55.8 Å². The number of nitrogens with zero attached hydrogens (tertiary/aromatic N) is 2. The summed E-state index contributed by atoms with van der Waals surface area (Å²) in [5.41, 5.74) is 3.70. The van der Waals surface area contributed by atoms with Crippen molar-refractivity contribution in [3.05, 3.63) is 53.6 Å². The lowest BCUT2D eigenvalue weighted by Gasteiger charge is -2.36. The van der Waals surface area contributed by atoms with E-state index in [1.54, 1.807) is 24.3 Å². The fourth-order valence-corrected chi connectivity index (χ4v) is 2.27. The zero-order chi connectivity index (χ0) is 14.3. The zero-order valence-electron chi connectivity index (χ0n) is 11.3. The van der Waals surface area contributed by atoms with Crippen LogP contribution in [0.2, 0.25) is 0 Å². The lowest BCUT2D eigenvalue weighted by atomic mass is 10.1. The summed E-state index contributed by atoms with van der Waals surface area (Å²) in [5.74, 6) is 0. The number of amides is 2. The first-order valence-electron chi connectivity index (χ1n) is 6.34. The predicted molar refractivity (Wildman–Crippen MR) is 78.1 cm³/mol. The smallest absolute Gasteiger partial charge is 0.304 e. The van der Waals surface area contributed by atoms with Crippen LogP contribution in [0, 0.1) is 13.8 Å². The van der Waals surface area contributed by atoms with Gasteiger partial charge in [-0.3, -0.25) is 5.21 Å². The Morgan fingerprint density at radius 2 is 1.80 bits per heavy atom. The molecule has 5 heteroatoms. The van der Waals surface area contributed by atoms with E-state index in [4.69, 9.17) is 0 Å². The summed E-state index contributed by atoms with van der Waals surface area (Å²) in [6.45, 7) is 3.84. The molecule has 0 saturated heterocycles. The van der Waals surface area contributed by atoms with Crippen LogP contribution in [0.3, 0.4) is 0 Å². The van der Waals surface area contributed by atoms with Crippen LogP contribution in [0.4, 0.5) is 21.9 Å². The molecule has 0 spiro atoms. The van der Waals surface area contributed by atoms with E-state index >= 15 is 0 Å². The number of hydrazine groups is 1. The highest BCUT2D eigenvalue weighted by atomic mass is 16.6. The third-order valence-corrected chi connectivity index (χ3v) is 3.34. The highest BCUT2D eigenvalue weighted by Crippen LogP contribution is 2.34. The molecule has 0 aliphatic carbocycles. The van der Waals surface area contributed by atoms with Crippen LogP contribution in [0.15, 0.2) is 42.5 Å². The van der Waals surface area contributed by atoms with E-state index in [2.05, 4.69) is 5.32 Å². The summed E-state index contributed by atoms with van der Waals surface area (Å²) >= 11 is 0. The van der Waals surface area contributed by atoms with E-state index < -0.39 is 0 Å². The third-order valence-electron chi connectivity index (χ3n) is 3.34. The summed E-state index contributed by atoms with van der Waals surface area (Å²) in [4.78, 5) is 12.2.